The molecule has 0 aliphatic heterocycles. The van der Waals surface area contributed by atoms with Crippen molar-refractivity contribution in [2.45, 2.75) is 39.0 Å². The quantitative estimate of drug-likeness (QED) is 0.616. The second-order valence-electron chi connectivity index (χ2n) is 5.04. The largest absolute Gasteiger partial charge is 0.358 e. The maximum atomic E-state index is 10.7. The molecule has 1 heterocycles. The van der Waals surface area contributed by atoms with Gasteiger partial charge in [0.05, 0.1) is 7.05 Å². The number of nitrogens with zero attached hydrogens (tertiary/aromatic N) is 3. The normalized spacial score (nSPS) is 16.5. The van der Waals surface area contributed by atoms with Crippen LogP contribution in [0.4, 0.5) is 5.82 Å². The molecule has 0 aromatic carbocycles. The zero-order valence-electron chi connectivity index (χ0n) is 11.4. The lowest BCUT2D eigenvalue weighted by Crippen LogP contribution is -1.99. The molecule has 0 unspecified atom stereocenters. The first kappa shape index (κ1) is 13.5. The van der Waals surface area contributed by atoms with Crippen LogP contribution < -0.4 is 0 Å². The van der Waals surface area contributed by atoms with Crippen LogP contribution in [-0.2, 0) is 7.05 Å². The van der Waals surface area contributed by atoms with Crippen molar-refractivity contribution in [2.75, 3.05) is 0 Å². The molecule has 0 spiro atoms. The average molecular weight is 261 g/mol. The van der Waals surface area contributed by atoms with Crippen molar-refractivity contribution in [1.82, 2.24) is 9.55 Å². The molecule has 0 atom stereocenters. The molecular weight excluding hydrogens is 242 g/mol. The highest BCUT2D eigenvalue weighted by atomic mass is 16.6. The van der Waals surface area contributed by atoms with Gasteiger partial charge >= 0.3 is 5.82 Å². The van der Waals surface area contributed by atoms with Crippen LogP contribution in [0.5, 0.6) is 0 Å². The molecule has 1 saturated carbocycles. The lowest BCUT2D eigenvalue weighted by atomic mass is 9.93. The second kappa shape index (κ2) is 5.82. The SMILES string of the molecule is C/C(C=C1CCCCC1)=C/c1ncc([N+](=O)[O-])n1C. The van der Waals surface area contributed by atoms with Gasteiger partial charge in [0.1, 0.15) is 6.20 Å². The summed E-state index contributed by atoms with van der Waals surface area (Å²) < 4.78 is 1.50. The Kier molecular flexibility index (Phi) is 4.14. The third-order valence-corrected chi connectivity index (χ3v) is 3.47. The van der Waals surface area contributed by atoms with Gasteiger partial charge in [-0.2, -0.15) is 0 Å². The van der Waals surface area contributed by atoms with Crippen molar-refractivity contribution in [2.24, 2.45) is 7.05 Å². The predicted molar refractivity (Wildman–Crippen MR) is 74.7 cm³/mol. The number of aromatic nitrogens is 2. The molecule has 102 valence electrons. The third kappa shape index (κ3) is 3.30. The molecule has 0 radical (unpaired) electrons. The number of nitro groups is 1. The number of allylic oxidation sites excluding steroid dienone is 3. The Hall–Kier alpha value is -1.91. The zero-order valence-corrected chi connectivity index (χ0v) is 11.4. The standard InChI is InChI=1S/C14H19N3O2/c1-11(8-12-6-4-3-5-7-12)9-13-15-10-14(16(13)2)17(18)19/h8-10H,3-7H2,1-2H3/b11-9-. The lowest BCUT2D eigenvalue weighted by molar-refractivity contribution is -0.391. The van der Waals surface area contributed by atoms with Gasteiger partial charge in [-0.25, -0.2) is 9.55 Å². The van der Waals surface area contributed by atoms with E-state index in [-0.39, 0.29) is 5.82 Å². The van der Waals surface area contributed by atoms with Crippen molar-refractivity contribution in [3.05, 3.63) is 39.4 Å². The van der Waals surface area contributed by atoms with Crippen LogP contribution >= 0.6 is 0 Å². The van der Waals surface area contributed by atoms with Crippen molar-refractivity contribution >= 4 is 11.9 Å². The molecule has 5 nitrogen and oxygen atoms in total. The zero-order chi connectivity index (χ0) is 13.8. The Labute approximate surface area is 112 Å². The summed E-state index contributed by atoms with van der Waals surface area (Å²) in [6, 6.07) is 0. The molecule has 0 bridgehead atoms. The summed E-state index contributed by atoms with van der Waals surface area (Å²) in [6.07, 6.45) is 11.6. The minimum absolute atomic E-state index is 0.0179. The minimum atomic E-state index is -0.417. The molecule has 1 aliphatic rings. The molecule has 1 aliphatic carbocycles. The van der Waals surface area contributed by atoms with E-state index in [1.807, 2.05) is 13.0 Å². The van der Waals surface area contributed by atoms with Crippen LogP contribution in [0, 0.1) is 10.1 Å². The van der Waals surface area contributed by atoms with E-state index in [9.17, 15) is 10.1 Å². The van der Waals surface area contributed by atoms with Gasteiger partial charge in [-0.15, -0.1) is 0 Å². The molecule has 1 aromatic rings. The topological polar surface area (TPSA) is 61.0 Å². The summed E-state index contributed by atoms with van der Waals surface area (Å²) in [5, 5.41) is 10.7. The van der Waals surface area contributed by atoms with E-state index in [0.717, 1.165) is 5.57 Å². The van der Waals surface area contributed by atoms with Gasteiger partial charge in [0.2, 0.25) is 5.82 Å². The van der Waals surface area contributed by atoms with E-state index in [1.165, 1.54) is 48.4 Å². The minimum Gasteiger partial charge on any atom is -0.358 e. The van der Waals surface area contributed by atoms with Gasteiger partial charge < -0.3 is 10.1 Å². The Balaban J connectivity index is 2.18. The monoisotopic (exact) mass is 261 g/mol. The summed E-state index contributed by atoms with van der Waals surface area (Å²) in [4.78, 5) is 14.4. The summed E-state index contributed by atoms with van der Waals surface area (Å²) in [5.41, 5.74) is 2.57. The van der Waals surface area contributed by atoms with Crippen LogP contribution in [0.1, 0.15) is 44.9 Å². The first-order valence-corrected chi connectivity index (χ1v) is 6.62. The Morgan fingerprint density at radius 3 is 2.68 bits per heavy atom. The fourth-order valence-electron chi connectivity index (χ4n) is 2.44. The highest BCUT2D eigenvalue weighted by molar-refractivity contribution is 5.51. The summed E-state index contributed by atoms with van der Waals surface area (Å²) >= 11 is 0. The van der Waals surface area contributed by atoms with Gasteiger partial charge in [-0.1, -0.05) is 18.1 Å². The lowest BCUT2D eigenvalue weighted by Gasteiger charge is -2.13. The van der Waals surface area contributed by atoms with E-state index in [2.05, 4.69) is 11.1 Å². The van der Waals surface area contributed by atoms with E-state index in [4.69, 9.17) is 0 Å². The van der Waals surface area contributed by atoms with Crippen molar-refractivity contribution in [3.8, 4) is 0 Å². The Bertz CT molecular complexity index is 533. The number of hydrogen-bond donors (Lipinski definition) is 0. The maximum absolute atomic E-state index is 10.7. The molecule has 1 fully saturated rings. The predicted octanol–water partition coefficient (Wildman–Crippen LogP) is 3.62. The van der Waals surface area contributed by atoms with Crippen molar-refractivity contribution < 1.29 is 4.92 Å². The average Bonchev–Trinajstić information content (AvgIpc) is 2.72. The number of rotatable bonds is 3. The van der Waals surface area contributed by atoms with E-state index in [1.54, 1.807) is 7.05 Å². The highest BCUT2D eigenvalue weighted by Crippen LogP contribution is 2.24. The van der Waals surface area contributed by atoms with Crippen LogP contribution in [0.25, 0.3) is 6.08 Å². The third-order valence-electron chi connectivity index (χ3n) is 3.47. The number of imidazole rings is 1. The first-order chi connectivity index (χ1) is 9.08. The fourth-order valence-corrected chi connectivity index (χ4v) is 2.44. The molecule has 19 heavy (non-hydrogen) atoms. The molecule has 0 saturated heterocycles. The Morgan fingerprint density at radius 1 is 1.42 bits per heavy atom. The van der Waals surface area contributed by atoms with Gasteiger partial charge in [0, 0.05) is 6.08 Å². The number of hydrogen-bond acceptors (Lipinski definition) is 3. The summed E-state index contributed by atoms with van der Waals surface area (Å²) in [7, 11) is 1.66. The summed E-state index contributed by atoms with van der Waals surface area (Å²) in [6.45, 7) is 2.02. The van der Waals surface area contributed by atoms with Gasteiger partial charge in [0.15, 0.2) is 0 Å². The summed E-state index contributed by atoms with van der Waals surface area (Å²) in [5.74, 6) is 0.640. The molecule has 0 N–H and O–H groups in total. The van der Waals surface area contributed by atoms with Gasteiger partial charge in [-0.3, -0.25) is 0 Å². The van der Waals surface area contributed by atoms with Crippen molar-refractivity contribution in [1.29, 1.82) is 0 Å². The molecule has 2 rings (SSSR count). The molecular formula is C14H19N3O2. The van der Waals surface area contributed by atoms with Gasteiger partial charge in [0.25, 0.3) is 0 Å². The van der Waals surface area contributed by atoms with E-state index < -0.39 is 4.92 Å². The van der Waals surface area contributed by atoms with Crippen LogP contribution in [0.2, 0.25) is 0 Å². The van der Waals surface area contributed by atoms with Crippen LogP contribution in [0.15, 0.2) is 23.4 Å². The van der Waals surface area contributed by atoms with Crippen LogP contribution in [0.3, 0.4) is 0 Å². The fraction of sp³-hybridized carbons (Fsp3) is 0.500. The van der Waals surface area contributed by atoms with E-state index in [0.29, 0.717) is 5.82 Å². The first-order valence-electron chi connectivity index (χ1n) is 6.62. The molecule has 5 heteroatoms. The molecule has 0 amide bonds. The van der Waals surface area contributed by atoms with E-state index >= 15 is 0 Å². The maximum Gasteiger partial charge on any atom is 0.342 e. The van der Waals surface area contributed by atoms with Crippen LogP contribution in [-0.4, -0.2) is 14.5 Å². The second-order valence-corrected chi connectivity index (χ2v) is 5.04. The molecule has 1 aromatic heterocycles. The van der Waals surface area contributed by atoms with Crippen molar-refractivity contribution in [3.63, 3.8) is 0 Å². The smallest absolute Gasteiger partial charge is 0.342 e. The van der Waals surface area contributed by atoms with Gasteiger partial charge in [-0.05, 0) is 43.1 Å². The highest BCUT2D eigenvalue weighted by Gasteiger charge is 2.14. The Morgan fingerprint density at radius 2 is 2.11 bits per heavy atom.